The molecule has 1 fully saturated rings. The van der Waals surface area contributed by atoms with Gasteiger partial charge < -0.3 is 24.9 Å². The average molecular weight is 467 g/mol. The molecule has 4 rings (SSSR count). The minimum Gasteiger partial charge on any atom is -0.416 e. The first-order valence-corrected chi connectivity index (χ1v) is 9.77. The lowest BCUT2D eigenvalue weighted by Crippen LogP contribution is -2.43. The number of hydrogen-bond acceptors (Lipinski definition) is 8. The molecule has 0 aromatic carbocycles. The van der Waals surface area contributed by atoms with Crippen molar-refractivity contribution in [2.75, 3.05) is 30.4 Å². The highest BCUT2D eigenvalue weighted by molar-refractivity contribution is 5.71. The summed E-state index contributed by atoms with van der Waals surface area (Å²) in [4.78, 5) is 5.44. The zero-order valence-corrected chi connectivity index (χ0v) is 16.5. The van der Waals surface area contributed by atoms with Crippen molar-refractivity contribution in [1.82, 2.24) is 15.2 Å². The Kier molecular flexibility index (Phi) is 5.48. The molecule has 176 valence electrons. The zero-order chi connectivity index (χ0) is 23.3. The van der Waals surface area contributed by atoms with Crippen LogP contribution in [0.5, 0.6) is 0 Å². The molecular weight excluding hydrogens is 448 g/mol. The maximum absolute atomic E-state index is 13.7. The molecule has 14 heteroatoms. The Balaban J connectivity index is 1.90. The molecule has 1 saturated heterocycles. The predicted octanol–water partition coefficient (Wildman–Crippen LogP) is 3.26. The third-order valence-corrected chi connectivity index (χ3v) is 5.57. The van der Waals surface area contributed by atoms with Gasteiger partial charge in [0.05, 0.1) is 18.3 Å². The van der Waals surface area contributed by atoms with Gasteiger partial charge in [0.2, 0.25) is 5.60 Å². The lowest BCUT2D eigenvalue weighted by Gasteiger charge is -2.29. The summed E-state index contributed by atoms with van der Waals surface area (Å²) in [7, 11) is 0. The van der Waals surface area contributed by atoms with Crippen LogP contribution in [-0.4, -0.2) is 52.3 Å². The Morgan fingerprint density at radius 1 is 1.16 bits per heavy atom. The molecule has 0 amide bonds. The van der Waals surface area contributed by atoms with Crippen molar-refractivity contribution in [1.29, 1.82) is 0 Å². The lowest BCUT2D eigenvalue weighted by atomic mass is 9.97. The van der Waals surface area contributed by atoms with E-state index in [1.807, 2.05) is 0 Å². The number of anilines is 2. The van der Waals surface area contributed by atoms with Crippen molar-refractivity contribution in [3.05, 3.63) is 17.5 Å². The van der Waals surface area contributed by atoms with Gasteiger partial charge in [-0.3, -0.25) is 0 Å². The summed E-state index contributed by atoms with van der Waals surface area (Å²) in [5.41, 5.74) is 0.272. The summed E-state index contributed by atoms with van der Waals surface area (Å²) in [5.74, 6) is -2.23. The van der Waals surface area contributed by atoms with E-state index in [0.717, 1.165) is 0 Å². The summed E-state index contributed by atoms with van der Waals surface area (Å²) in [6, 6.07) is 0.169. The minimum atomic E-state index is -5.15. The van der Waals surface area contributed by atoms with E-state index in [1.54, 1.807) is 0 Å². The van der Waals surface area contributed by atoms with E-state index in [9.17, 15) is 31.4 Å². The molecule has 32 heavy (non-hydrogen) atoms. The number of aliphatic hydroxyl groups is 1. The number of nitrogens with two attached hydrogens (primary N) is 1. The number of aromatic nitrogens is 3. The Morgan fingerprint density at radius 3 is 2.59 bits per heavy atom. The summed E-state index contributed by atoms with van der Waals surface area (Å²) >= 11 is 0. The fourth-order valence-corrected chi connectivity index (χ4v) is 3.91. The highest BCUT2D eigenvalue weighted by Crippen LogP contribution is 2.44. The predicted molar refractivity (Wildman–Crippen MR) is 97.3 cm³/mol. The average Bonchev–Trinajstić information content (AvgIpc) is 3.35. The number of nitrogens with zero attached hydrogens (tertiary/aromatic N) is 4. The van der Waals surface area contributed by atoms with Crippen LogP contribution in [0.3, 0.4) is 0 Å². The van der Waals surface area contributed by atoms with Gasteiger partial charge in [-0.05, 0) is 31.7 Å². The van der Waals surface area contributed by atoms with Gasteiger partial charge in [0.15, 0.2) is 5.69 Å². The van der Waals surface area contributed by atoms with Crippen LogP contribution in [-0.2, 0) is 16.5 Å². The van der Waals surface area contributed by atoms with Gasteiger partial charge in [0.25, 0.3) is 11.8 Å². The van der Waals surface area contributed by atoms with Gasteiger partial charge in [-0.2, -0.15) is 26.3 Å². The van der Waals surface area contributed by atoms with Gasteiger partial charge in [-0.15, -0.1) is 10.2 Å². The fourth-order valence-electron chi connectivity index (χ4n) is 3.91. The molecule has 1 unspecified atom stereocenters. The standard InChI is InChI=1S/C18H19F6N5O3/c19-17(20,21)10-7-11(25)12-14-27-28-15(32-14)16(30,18(22,23)24)4-2-6-31-8-9-3-1-5-29(9)13(10)26-12/h7,9,30H,1-6,8,25H2/t9-,16?/m0/s1. The largest absolute Gasteiger partial charge is 0.426 e. The monoisotopic (exact) mass is 467 g/mol. The highest BCUT2D eigenvalue weighted by Gasteiger charge is 2.58. The van der Waals surface area contributed by atoms with Gasteiger partial charge in [-0.1, -0.05) is 0 Å². The lowest BCUT2D eigenvalue weighted by molar-refractivity contribution is -0.277. The first-order chi connectivity index (χ1) is 14.9. The van der Waals surface area contributed by atoms with E-state index in [-0.39, 0.29) is 26.2 Å². The molecule has 4 bridgehead atoms. The van der Waals surface area contributed by atoms with E-state index in [0.29, 0.717) is 18.9 Å². The first-order valence-electron chi connectivity index (χ1n) is 9.77. The van der Waals surface area contributed by atoms with Gasteiger partial charge >= 0.3 is 12.4 Å². The summed E-state index contributed by atoms with van der Waals surface area (Å²) in [6.07, 6.45) is -9.87. The number of ether oxygens (including phenoxy) is 1. The number of alkyl halides is 6. The molecule has 2 aromatic heterocycles. The molecule has 0 spiro atoms. The second-order valence-electron chi connectivity index (χ2n) is 7.73. The van der Waals surface area contributed by atoms with Crippen LogP contribution >= 0.6 is 0 Å². The maximum atomic E-state index is 13.7. The van der Waals surface area contributed by atoms with Crippen molar-refractivity contribution < 1.29 is 40.6 Å². The van der Waals surface area contributed by atoms with Crippen LogP contribution in [0.15, 0.2) is 10.5 Å². The number of pyridine rings is 1. The zero-order valence-electron chi connectivity index (χ0n) is 16.5. The second kappa shape index (κ2) is 7.76. The van der Waals surface area contributed by atoms with Crippen molar-refractivity contribution >= 4 is 11.5 Å². The molecule has 2 aliphatic heterocycles. The van der Waals surface area contributed by atoms with Crippen molar-refractivity contribution in [2.45, 2.75) is 49.7 Å². The third kappa shape index (κ3) is 3.85. The van der Waals surface area contributed by atoms with Crippen LogP contribution in [0.4, 0.5) is 37.8 Å². The molecule has 2 atom stereocenters. The summed E-state index contributed by atoms with van der Waals surface area (Å²) < 4.78 is 92.6. The summed E-state index contributed by atoms with van der Waals surface area (Å²) in [5, 5.41) is 17.1. The van der Waals surface area contributed by atoms with E-state index in [4.69, 9.17) is 14.9 Å². The topological polar surface area (TPSA) is 111 Å². The highest BCUT2D eigenvalue weighted by atomic mass is 19.4. The first kappa shape index (κ1) is 22.6. The second-order valence-corrected chi connectivity index (χ2v) is 7.73. The molecular formula is C18H19F6N5O3. The molecule has 4 heterocycles. The van der Waals surface area contributed by atoms with Crippen molar-refractivity contribution in [3.63, 3.8) is 0 Å². The van der Waals surface area contributed by atoms with E-state index in [2.05, 4.69) is 15.2 Å². The van der Waals surface area contributed by atoms with Crippen LogP contribution < -0.4 is 10.6 Å². The van der Waals surface area contributed by atoms with Crippen LogP contribution in [0.2, 0.25) is 0 Å². The quantitative estimate of drug-likeness (QED) is 0.569. The molecule has 0 radical (unpaired) electrons. The fraction of sp³-hybridized carbons (Fsp3) is 0.611. The van der Waals surface area contributed by atoms with Gasteiger partial charge in [-0.25, -0.2) is 4.98 Å². The molecule has 0 saturated carbocycles. The molecule has 2 aliphatic rings. The van der Waals surface area contributed by atoms with E-state index < -0.39 is 65.0 Å². The smallest absolute Gasteiger partial charge is 0.416 e. The Morgan fingerprint density at radius 2 is 1.91 bits per heavy atom. The van der Waals surface area contributed by atoms with Crippen LogP contribution in [0.25, 0.3) is 11.6 Å². The normalized spacial score (nSPS) is 24.8. The Labute approximate surface area is 177 Å². The van der Waals surface area contributed by atoms with Crippen molar-refractivity contribution in [3.8, 4) is 11.6 Å². The van der Waals surface area contributed by atoms with E-state index in [1.165, 1.54) is 4.90 Å². The number of hydrogen-bond donors (Lipinski definition) is 2. The molecule has 0 aliphatic carbocycles. The Hall–Kier alpha value is -2.61. The van der Waals surface area contributed by atoms with E-state index >= 15 is 0 Å². The third-order valence-electron chi connectivity index (χ3n) is 5.57. The van der Waals surface area contributed by atoms with Crippen LogP contribution in [0, 0.1) is 0 Å². The summed E-state index contributed by atoms with van der Waals surface area (Å²) in [6.45, 7) is 0.105. The van der Waals surface area contributed by atoms with Gasteiger partial charge in [0, 0.05) is 13.2 Å². The molecule has 2 aromatic rings. The minimum absolute atomic E-state index is 0.0124. The number of rotatable bonds is 0. The van der Waals surface area contributed by atoms with Crippen LogP contribution in [0.1, 0.15) is 37.1 Å². The number of fused-ring (bicyclic) bond motifs is 7. The number of nitrogen functional groups attached to an aromatic ring is 1. The number of halogens is 6. The SMILES string of the molecule is Nc1cc(C(F)(F)F)c2nc1-c1nnc(o1)C(O)(C(F)(F)F)CCCOC[C@@H]1CCCN21. The van der Waals surface area contributed by atoms with Crippen molar-refractivity contribution in [2.24, 2.45) is 0 Å². The maximum Gasteiger partial charge on any atom is 0.426 e. The molecule has 8 nitrogen and oxygen atoms in total. The molecule has 3 N–H and O–H groups in total. The van der Waals surface area contributed by atoms with Gasteiger partial charge in [0.1, 0.15) is 11.4 Å². The Bertz CT molecular complexity index is 994.